The maximum atomic E-state index is 5.71. The fourth-order valence-electron chi connectivity index (χ4n) is 4.29. The van der Waals surface area contributed by atoms with Crippen LogP contribution in [0.15, 0.2) is 41.1 Å². The molecule has 2 atom stereocenters. The summed E-state index contributed by atoms with van der Waals surface area (Å²) in [6, 6.07) is 10.7. The number of aromatic nitrogens is 2. The predicted octanol–water partition coefficient (Wildman–Crippen LogP) is 3.51. The van der Waals surface area contributed by atoms with Crippen molar-refractivity contribution in [2.75, 3.05) is 51.4 Å². The van der Waals surface area contributed by atoms with Gasteiger partial charge in [0.1, 0.15) is 5.82 Å². The number of benzene rings is 1. The lowest BCUT2D eigenvalue weighted by Gasteiger charge is -2.37. The maximum absolute atomic E-state index is 5.71. The highest BCUT2D eigenvalue weighted by Crippen LogP contribution is 2.27. The number of nitrogens with one attached hydrogen (secondary N) is 1. The molecule has 4 heterocycles. The Kier molecular flexibility index (Phi) is 5.71. The smallest absolute Gasteiger partial charge is 0.162 e. The molecule has 2 aliphatic heterocycles. The number of thiophene rings is 1. The number of para-hydroxylation sites is 1. The minimum absolute atomic E-state index is 0.416. The van der Waals surface area contributed by atoms with E-state index in [0.29, 0.717) is 12.0 Å². The first kappa shape index (κ1) is 18.9. The van der Waals surface area contributed by atoms with Crippen molar-refractivity contribution in [1.29, 1.82) is 0 Å². The third-order valence-corrected chi connectivity index (χ3v) is 6.57. The van der Waals surface area contributed by atoms with Crippen LogP contribution in [0, 0.1) is 5.92 Å². The summed E-state index contributed by atoms with van der Waals surface area (Å²) in [4.78, 5) is 12.2. The van der Waals surface area contributed by atoms with Crippen LogP contribution in [0.25, 0.3) is 22.3 Å². The summed E-state index contributed by atoms with van der Waals surface area (Å²) in [6.45, 7) is 6.13. The van der Waals surface area contributed by atoms with E-state index in [-0.39, 0.29) is 0 Å². The fraction of sp³-hybridized carbons (Fsp3) is 0.455. The number of hydrogen-bond acceptors (Lipinski definition) is 7. The zero-order valence-electron chi connectivity index (χ0n) is 16.4. The zero-order chi connectivity index (χ0) is 19.5. The number of rotatable bonds is 6. The lowest BCUT2D eigenvalue weighted by atomic mass is 9.97. The van der Waals surface area contributed by atoms with E-state index in [4.69, 9.17) is 19.4 Å². The van der Waals surface area contributed by atoms with Crippen LogP contribution in [0.1, 0.15) is 6.42 Å². The summed E-state index contributed by atoms with van der Waals surface area (Å²) in [5, 5.41) is 8.91. The van der Waals surface area contributed by atoms with E-state index in [1.165, 1.54) is 0 Å². The van der Waals surface area contributed by atoms with E-state index in [0.717, 1.165) is 80.6 Å². The summed E-state index contributed by atoms with van der Waals surface area (Å²) in [5.74, 6) is 2.23. The molecule has 0 unspecified atom stereocenters. The second-order valence-corrected chi connectivity index (χ2v) is 8.43. The SMILES string of the molecule is c1ccc2c(NC[C@@H]([C@H]3CCOC3)N3CCOCC3)nc(-c3ccsc3)nc2c1. The van der Waals surface area contributed by atoms with Crippen LogP contribution in [0.2, 0.25) is 0 Å². The number of hydrogen-bond donors (Lipinski definition) is 1. The van der Waals surface area contributed by atoms with Crippen molar-refractivity contribution in [2.45, 2.75) is 12.5 Å². The number of morpholine rings is 1. The molecule has 1 N–H and O–H groups in total. The van der Waals surface area contributed by atoms with Gasteiger partial charge in [-0.1, -0.05) is 12.1 Å². The Bertz CT molecular complexity index is 937. The van der Waals surface area contributed by atoms with E-state index in [1.54, 1.807) is 11.3 Å². The van der Waals surface area contributed by atoms with Gasteiger partial charge in [-0.25, -0.2) is 9.97 Å². The Morgan fingerprint density at radius 3 is 2.79 bits per heavy atom. The van der Waals surface area contributed by atoms with Crippen molar-refractivity contribution in [3.8, 4) is 11.4 Å². The molecule has 3 aromatic rings. The second-order valence-electron chi connectivity index (χ2n) is 7.65. The van der Waals surface area contributed by atoms with Crippen LogP contribution in [0.3, 0.4) is 0 Å². The zero-order valence-corrected chi connectivity index (χ0v) is 17.2. The number of nitrogens with zero attached hydrogens (tertiary/aromatic N) is 3. The molecule has 2 aromatic heterocycles. The van der Waals surface area contributed by atoms with Gasteiger partial charge in [-0.05, 0) is 30.0 Å². The van der Waals surface area contributed by atoms with Gasteiger partial charge in [0.2, 0.25) is 0 Å². The van der Waals surface area contributed by atoms with Crippen molar-refractivity contribution in [3.05, 3.63) is 41.1 Å². The van der Waals surface area contributed by atoms with Crippen LogP contribution in [0.4, 0.5) is 5.82 Å². The number of ether oxygens (including phenoxy) is 2. The molecule has 2 saturated heterocycles. The van der Waals surface area contributed by atoms with Crippen LogP contribution in [-0.4, -0.2) is 67.0 Å². The number of anilines is 1. The highest BCUT2D eigenvalue weighted by atomic mass is 32.1. The molecule has 0 spiro atoms. The van der Waals surface area contributed by atoms with Crippen molar-refractivity contribution in [2.24, 2.45) is 5.92 Å². The Hall–Kier alpha value is -2.06. The van der Waals surface area contributed by atoms with Crippen molar-refractivity contribution < 1.29 is 9.47 Å². The summed E-state index contributed by atoms with van der Waals surface area (Å²) < 4.78 is 11.3. The molecular weight excluding hydrogens is 384 g/mol. The molecule has 0 amide bonds. The monoisotopic (exact) mass is 410 g/mol. The van der Waals surface area contributed by atoms with Crippen LogP contribution >= 0.6 is 11.3 Å². The molecule has 152 valence electrons. The van der Waals surface area contributed by atoms with Crippen LogP contribution in [-0.2, 0) is 9.47 Å². The standard InChI is InChI=1S/C22H26N4O2S/c1-2-4-19-18(3-1)22(25-21(24-19)17-6-12-29-15-17)23-13-20(16-5-9-28-14-16)26-7-10-27-11-8-26/h1-4,6,12,15-16,20H,5,7-11,13-14H2,(H,23,24,25)/t16-,20-/m0/s1. The average Bonchev–Trinajstić information content (AvgIpc) is 3.49. The van der Waals surface area contributed by atoms with E-state index in [1.807, 2.05) is 12.1 Å². The lowest BCUT2D eigenvalue weighted by molar-refractivity contribution is 0.00460. The maximum Gasteiger partial charge on any atom is 0.162 e. The van der Waals surface area contributed by atoms with Gasteiger partial charge in [-0.3, -0.25) is 4.90 Å². The summed E-state index contributed by atoms with van der Waals surface area (Å²) in [7, 11) is 0. The molecule has 0 saturated carbocycles. The molecule has 6 nitrogen and oxygen atoms in total. The van der Waals surface area contributed by atoms with Crippen LogP contribution in [0.5, 0.6) is 0 Å². The average molecular weight is 411 g/mol. The van der Waals surface area contributed by atoms with Gasteiger partial charge < -0.3 is 14.8 Å². The minimum atomic E-state index is 0.416. The van der Waals surface area contributed by atoms with Gasteiger partial charge in [-0.2, -0.15) is 11.3 Å². The summed E-state index contributed by atoms with van der Waals surface area (Å²) in [5.41, 5.74) is 2.04. The van der Waals surface area contributed by atoms with Gasteiger partial charge in [0.05, 0.1) is 25.3 Å². The van der Waals surface area contributed by atoms with Gasteiger partial charge >= 0.3 is 0 Å². The van der Waals surface area contributed by atoms with Crippen molar-refractivity contribution in [3.63, 3.8) is 0 Å². The molecule has 5 rings (SSSR count). The molecule has 0 aliphatic carbocycles. The van der Waals surface area contributed by atoms with Crippen molar-refractivity contribution in [1.82, 2.24) is 14.9 Å². The highest BCUT2D eigenvalue weighted by Gasteiger charge is 2.31. The fourth-order valence-corrected chi connectivity index (χ4v) is 4.93. The molecule has 29 heavy (non-hydrogen) atoms. The minimum Gasteiger partial charge on any atom is -0.381 e. The van der Waals surface area contributed by atoms with Gasteiger partial charge in [0.25, 0.3) is 0 Å². The first-order chi connectivity index (χ1) is 14.4. The predicted molar refractivity (Wildman–Crippen MR) is 116 cm³/mol. The molecule has 2 fully saturated rings. The summed E-state index contributed by atoms with van der Waals surface area (Å²) >= 11 is 1.67. The van der Waals surface area contributed by atoms with Crippen LogP contribution < -0.4 is 5.32 Å². The highest BCUT2D eigenvalue weighted by molar-refractivity contribution is 7.08. The number of fused-ring (bicyclic) bond motifs is 1. The lowest BCUT2D eigenvalue weighted by Crippen LogP contribution is -2.50. The normalized spacial score (nSPS) is 21.4. The third-order valence-electron chi connectivity index (χ3n) is 5.89. The molecule has 0 bridgehead atoms. The molecule has 0 radical (unpaired) electrons. The Labute approximate surface area is 174 Å². The second kappa shape index (κ2) is 8.75. The molecular formula is C22H26N4O2S. The first-order valence-corrected chi connectivity index (χ1v) is 11.3. The molecule has 1 aromatic carbocycles. The third kappa shape index (κ3) is 4.14. The quantitative estimate of drug-likeness (QED) is 0.671. The Morgan fingerprint density at radius 2 is 2.00 bits per heavy atom. The van der Waals surface area contributed by atoms with E-state index >= 15 is 0 Å². The summed E-state index contributed by atoms with van der Waals surface area (Å²) in [6.07, 6.45) is 1.12. The van der Waals surface area contributed by atoms with E-state index < -0.39 is 0 Å². The van der Waals surface area contributed by atoms with E-state index in [9.17, 15) is 0 Å². The topological polar surface area (TPSA) is 59.5 Å². The van der Waals surface area contributed by atoms with Gasteiger partial charge in [-0.15, -0.1) is 0 Å². The Morgan fingerprint density at radius 1 is 1.10 bits per heavy atom. The van der Waals surface area contributed by atoms with E-state index in [2.05, 4.69) is 39.2 Å². The largest absolute Gasteiger partial charge is 0.381 e. The van der Waals surface area contributed by atoms with Crippen molar-refractivity contribution >= 4 is 28.1 Å². The first-order valence-electron chi connectivity index (χ1n) is 10.3. The molecule has 7 heteroatoms. The van der Waals surface area contributed by atoms with Gasteiger partial charge in [0.15, 0.2) is 5.82 Å². The molecule has 2 aliphatic rings. The van der Waals surface area contributed by atoms with Gasteiger partial charge in [0, 0.05) is 54.5 Å². The Balaban J connectivity index is 1.43.